The minimum absolute atomic E-state index is 0.300. The Morgan fingerprint density at radius 2 is 0.416 bits per heavy atom. The number of fused-ring (bicyclic) bond motifs is 3. The zero-order valence-corrected chi connectivity index (χ0v) is 43.3. The third-order valence-corrected chi connectivity index (χ3v) is 15.5. The smallest absolute Gasteiger partial charge is 0.0465 e. The summed E-state index contributed by atoms with van der Waals surface area (Å²) in [6.45, 7) is 4.78. The predicted molar refractivity (Wildman–Crippen MR) is 326 cm³/mol. The molecule has 0 fully saturated rings. The molecule has 0 spiro atoms. The van der Waals surface area contributed by atoms with Crippen LogP contribution in [0.1, 0.15) is 25.0 Å². The highest BCUT2D eigenvalue weighted by Gasteiger charge is 2.37. The molecule has 77 heavy (non-hydrogen) atoms. The predicted octanol–water partition coefficient (Wildman–Crippen LogP) is 20.9. The molecule has 0 N–H and O–H groups in total. The monoisotopic (exact) mass is 984 g/mol. The van der Waals surface area contributed by atoms with Gasteiger partial charge in [0.05, 0.1) is 0 Å². The van der Waals surface area contributed by atoms with Gasteiger partial charge in [-0.1, -0.05) is 238 Å². The van der Waals surface area contributed by atoms with Crippen molar-refractivity contribution in [2.75, 3.05) is 9.80 Å². The van der Waals surface area contributed by atoms with Gasteiger partial charge in [-0.15, -0.1) is 0 Å². The summed E-state index contributed by atoms with van der Waals surface area (Å²) >= 11 is 0. The summed E-state index contributed by atoms with van der Waals surface area (Å²) < 4.78 is 0. The van der Waals surface area contributed by atoms with Crippen molar-refractivity contribution in [1.29, 1.82) is 0 Å². The molecule has 0 heterocycles. The van der Waals surface area contributed by atoms with E-state index >= 15 is 0 Å². The minimum atomic E-state index is -0.300. The van der Waals surface area contributed by atoms with Gasteiger partial charge in [0.2, 0.25) is 0 Å². The molecule has 0 atom stereocenters. The van der Waals surface area contributed by atoms with E-state index in [4.69, 9.17) is 0 Å². The van der Waals surface area contributed by atoms with Gasteiger partial charge in [0.25, 0.3) is 0 Å². The van der Waals surface area contributed by atoms with E-state index in [1.807, 2.05) is 0 Å². The SMILES string of the molecule is CC1(C)c2cc(N(c3ccc(-c4ccccc4)cc3)c3ccc(-c4ccccc4)cc3)ccc2-c2ccc(N(c3ccc(-c4ccc(-c5ccccc5)cc4)cc3)c3ccc(-c4cccc(-c5ccccc5)c4)cc3)cc21. The van der Waals surface area contributed by atoms with Gasteiger partial charge in [0.15, 0.2) is 0 Å². The van der Waals surface area contributed by atoms with Crippen LogP contribution < -0.4 is 9.80 Å². The van der Waals surface area contributed by atoms with Gasteiger partial charge in [-0.25, -0.2) is 0 Å². The second-order valence-electron chi connectivity index (χ2n) is 20.6. The lowest BCUT2D eigenvalue weighted by molar-refractivity contribution is 0.660. The van der Waals surface area contributed by atoms with E-state index in [2.05, 4.69) is 327 Å². The molecule has 366 valence electrons. The fourth-order valence-electron chi connectivity index (χ4n) is 11.4. The van der Waals surface area contributed by atoms with Gasteiger partial charge in [-0.3, -0.25) is 0 Å². The molecular formula is C75H56N2. The van der Waals surface area contributed by atoms with E-state index in [1.165, 1.54) is 89.0 Å². The summed E-state index contributed by atoms with van der Waals surface area (Å²) in [6.07, 6.45) is 0. The van der Waals surface area contributed by atoms with Crippen LogP contribution in [-0.2, 0) is 5.41 Å². The maximum Gasteiger partial charge on any atom is 0.0465 e. The maximum absolute atomic E-state index is 2.44. The van der Waals surface area contributed by atoms with Crippen molar-refractivity contribution in [3.63, 3.8) is 0 Å². The largest absolute Gasteiger partial charge is 0.310 e. The first-order chi connectivity index (χ1) is 37.9. The Labute approximate surface area is 453 Å². The molecular weight excluding hydrogens is 929 g/mol. The minimum Gasteiger partial charge on any atom is -0.310 e. The van der Waals surface area contributed by atoms with Gasteiger partial charge in [0.1, 0.15) is 0 Å². The Hall–Kier alpha value is -9.76. The fourth-order valence-corrected chi connectivity index (χ4v) is 11.4. The molecule has 0 bridgehead atoms. The Kier molecular flexibility index (Phi) is 12.3. The molecule has 13 rings (SSSR count). The highest BCUT2D eigenvalue weighted by molar-refractivity contribution is 5.90. The van der Waals surface area contributed by atoms with Crippen LogP contribution in [0, 0.1) is 0 Å². The average molecular weight is 985 g/mol. The Morgan fingerprint density at radius 1 is 0.195 bits per heavy atom. The lowest BCUT2D eigenvalue weighted by atomic mass is 9.82. The number of hydrogen-bond donors (Lipinski definition) is 0. The summed E-state index contributed by atoms with van der Waals surface area (Å²) in [5, 5.41) is 0. The van der Waals surface area contributed by atoms with E-state index < -0.39 is 0 Å². The van der Waals surface area contributed by atoms with Crippen molar-refractivity contribution in [2.24, 2.45) is 0 Å². The van der Waals surface area contributed by atoms with E-state index in [1.54, 1.807) is 0 Å². The summed E-state index contributed by atoms with van der Waals surface area (Å²) in [4.78, 5) is 4.82. The highest BCUT2D eigenvalue weighted by Crippen LogP contribution is 2.53. The summed E-state index contributed by atoms with van der Waals surface area (Å²) in [7, 11) is 0. The van der Waals surface area contributed by atoms with E-state index in [-0.39, 0.29) is 5.41 Å². The van der Waals surface area contributed by atoms with Gasteiger partial charge >= 0.3 is 0 Å². The first-order valence-corrected chi connectivity index (χ1v) is 26.6. The zero-order chi connectivity index (χ0) is 51.7. The van der Waals surface area contributed by atoms with Crippen LogP contribution in [0.15, 0.2) is 303 Å². The lowest BCUT2D eigenvalue weighted by Crippen LogP contribution is -2.17. The first-order valence-electron chi connectivity index (χ1n) is 26.6. The summed E-state index contributed by atoms with van der Waals surface area (Å²) in [5.74, 6) is 0. The summed E-state index contributed by atoms with van der Waals surface area (Å²) in [5.41, 5.74) is 25.9. The van der Waals surface area contributed by atoms with Crippen LogP contribution in [0.2, 0.25) is 0 Å². The van der Waals surface area contributed by atoms with Gasteiger partial charge in [-0.05, 0) is 168 Å². The van der Waals surface area contributed by atoms with Crippen LogP contribution in [0.25, 0.3) is 77.9 Å². The second-order valence-corrected chi connectivity index (χ2v) is 20.6. The van der Waals surface area contributed by atoms with Crippen LogP contribution in [0.4, 0.5) is 34.1 Å². The number of benzene rings is 12. The van der Waals surface area contributed by atoms with E-state index in [0.29, 0.717) is 0 Å². The van der Waals surface area contributed by atoms with Crippen molar-refractivity contribution >= 4 is 34.1 Å². The standard InChI is InChI=1S/C75H56N2/c1-75(2)73-51-69(76(65-38-30-59(31-39-65)54-18-9-4-10-19-54)66-40-32-60(33-41-66)55-20-11-5-12-21-55)46-48-71(73)72-49-47-70(52-74(72)75)77(67-42-34-61(35-43-67)58-28-26-57(27-29-58)53-16-7-3-8-17-53)68-44-36-62(37-45-68)64-25-15-24-63(50-64)56-22-13-6-14-23-56/h3-52H,1-2H3. The van der Waals surface area contributed by atoms with Gasteiger partial charge < -0.3 is 9.80 Å². The molecule has 0 radical (unpaired) electrons. The van der Waals surface area contributed by atoms with E-state index in [9.17, 15) is 0 Å². The quantitative estimate of drug-likeness (QED) is 0.120. The van der Waals surface area contributed by atoms with Crippen molar-refractivity contribution in [2.45, 2.75) is 19.3 Å². The van der Waals surface area contributed by atoms with Crippen LogP contribution in [0.5, 0.6) is 0 Å². The van der Waals surface area contributed by atoms with E-state index in [0.717, 1.165) is 34.1 Å². The molecule has 1 aliphatic carbocycles. The van der Waals surface area contributed by atoms with Crippen molar-refractivity contribution in [3.8, 4) is 77.9 Å². The Balaban J connectivity index is 0.865. The molecule has 0 saturated carbocycles. The first kappa shape index (κ1) is 47.0. The Bertz CT molecular complexity index is 3900. The van der Waals surface area contributed by atoms with Crippen LogP contribution in [0.3, 0.4) is 0 Å². The van der Waals surface area contributed by atoms with Crippen molar-refractivity contribution < 1.29 is 0 Å². The number of nitrogens with zero attached hydrogens (tertiary/aromatic N) is 2. The number of hydrogen-bond acceptors (Lipinski definition) is 2. The normalized spacial score (nSPS) is 12.1. The molecule has 12 aromatic carbocycles. The third kappa shape index (κ3) is 9.21. The van der Waals surface area contributed by atoms with Gasteiger partial charge in [0, 0.05) is 39.5 Å². The molecule has 12 aromatic rings. The molecule has 0 unspecified atom stereocenters. The maximum atomic E-state index is 2.44. The molecule has 0 aliphatic heterocycles. The van der Waals surface area contributed by atoms with Gasteiger partial charge in [-0.2, -0.15) is 0 Å². The average Bonchev–Trinajstić information content (AvgIpc) is 3.90. The van der Waals surface area contributed by atoms with Crippen LogP contribution in [-0.4, -0.2) is 0 Å². The lowest BCUT2D eigenvalue weighted by Gasteiger charge is -2.29. The molecule has 1 aliphatic rings. The molecule has 0 amide bonds. The second kappa shape index (κ2) is 20.2. The topological polar surface area (TPSA) is 6.48 Å². The van der Waals surface area contributed by atoms with Crippen molar-refractivity contribution in [1.82, 2.24) is 0 Å². The summed E-state index contributed by atoms with van der Waals surface area (Å²) in [6, 6.07) is 110. The molecule has 2 heteroatoms. The molecule has 2 nitrogen and oxygen atoms in total. The molecule has 0 saturated heterocycles. The van der Waals surface area contributed by atoms with Crippen LogP contribution >= 0.6 is 0 Å². The number of rotatable bonds is 12. The van der Waals surface area contributed by atoms with Crippen molar-refractivity contribution in [3.05, 3.63) is 314 Å². The fraction of sp³-hybridized carbons (Fsp3) is 0.0400. The number of anilines is 6. The highest BCUT2D eigenvalue weighted by atomic mass is 15.1. The Morgan fingerprint density at radius 3 is 0.714 bits per heavy atom. The molecule has 0 aromatic heterocycles. The zero-order valence-electron chi connectivity index (χ0n) is 43.3. The third-order valence-electron chi connectivity index (χ3n) is 15.5.